The molecule has 0 bridgehead atoms. The molecule has 0 N–H and O–H groups in total. The standard InChI is InChI=1S/C13H17BrCl2O/c1-4-17-13-7-11(15)9(6-12(13)16)10(14)5-8(2)3/h6-8,10H,4-5H2,1-3H3. The largest absolute Gasteiger partial charge is 0.492 e. The fraction of sp³-hybridized carbons (Fsp3) is 0.538. The van der Waals surface area contributed by atoms with Gasteiger partial charge in [-0.2, -0.15) is 0 Å². The maximum atomic E-state index is 6.25. The van der Waals surface area contributed by atoms with Gasteiger partial charge in [0.05, 0.1) is 11.6 Å². The average Bonchev–Trinajstić information content (AvgIpc) is 2.22. The van der Waals surface area contributed by atoms with Crippen molar-refractivity contribution in [1.82, 2.24) is 0 Å². The summed E-state index contributed by atoms with van der Waals surface area (Å²) >= 11 is 16.1. The summed E-state index contributed by atoms with van der Waals surface area (Å²) in [5.74, 6) is 1.24. The molecule has 1 rings (SSSR count). The van der Waals surface area contributed by atoms with Crippen molar-refractivity contribution < 1.29 is 4.74 Å². The van der Waals surface area contributed by atoms with Crippen LogP contribution in [-0.4, -0.2) is 6.61 Å². The topological polar surface area (TPSA) is 9.23 Å². The van der Waals surface area contributed by atoms with Crippen LogP contribution >= 0.6 is 39.1 Å². The fourth-order valence-electron chi connectivity index (χ4n) is 1.59. The predicted molar refractivity (Wildman–Crippen MR) is 78.8 cm³/mol. The lowest BCUT2D eigenvalue weighted by atomic mass is 10.0. The van der Waals surface area contributed by atoms with E-state index in [0.29, 0.717) is 28.3 Å². The van der Waals surface area contributed by atoms with E-state index in [2.05, 4.69) is 29.8 Å². The van der Waals surface area contributed by atoms with Gasteiger partial charge in [0.1, 0.15) is 5.75 Å². The molecule has 17 heavy (non-hydrogen) atoms. The first-order chi connectivity index (χ1) is 7.95. The molecule has 0 aliphatic heterocycles. The highest BCUT2D eigenvalue weighted by Gasteiger charge is 2.16. The number of rotatable bonds is 5. The Morgan fingerprint density at radius 1 is 1.24 bits per heavy atom. The molecule has 1 atom stereocenters. The molecule has 0 aromatic heterocycles. The summed E-state index contributed by atoms with van der Waals surface area (Å²) in [6.07, 6.45) is 1.02. The summed E-state index contributed by atoms with van der Waals surface area (Å²) in [4.78, 5) is 0.225. The Morgan fingerprint density at radius 2 is 1.88 bits per heavy atom. The van der Waals surface area contributed by atoms with Gasteiger partial charge in [-0.25, -0.2) is 0 Å². The minimum Gasteiger partial charge on any atom is -0.492 e. The third-order valence-electron chi connectivity index (χ3n) is 2.37. The smallest absolute Gasteiger partial charge is 0.139 e. The molecule has 1 unspecified atom stereocenters. The van der Waals surface area contributed by atoms with E-state index in [1.165, 1.54) is 0 Å². The molecule has 0 saturated heterocycles. The summed E-state index contributed by atoms with van der Waals surface area (Å²) in [7, 11) is 0. The maximum absolute atomic E-state index is 6.25. The SMILES string of the molecule is CCOc1cc(Cl)c(C(Br)CC(C)C)cc1Cl. The Balaban J connectivity index is 2.98. The van der Waals surface area contributed by atoms with Crippen molar-refractivity contribution in [3.05, 3.63) is 27.7 Å². The number of halogens is 3. The zero-order valence-electron chi connectivity index (χ0n) is 10.3. The molecule has 0 spiro atoms. The molecule has 0 radical (unpaired) electrons. The van der Waals surface area contributed by atoms with Crippen molar-refractivity contribution in [3.8, 4) is 5.75 Å². The Morgan fingerprint density at radius 3 is 2.41 bits per heavy atom. The van der Waals surface area contributed by atoms with E-state index in [1.54, 1.807) is 6.07 Å². The zero-order valence-corrected chi connectivity index (χ0v) is 13.4. The second kappa shape index (κ2) is 6.86. The van der Waals surface area contributed by atoms with E-state index in [4.69, 9.17) is 27.9 Å². The van der Waals surface area contributed by atoms with Crippen molar-refractivity contribution >= 4 is 39.1 Å². The maximum Gasteiger partial charge on any atom is 0.139 e. The van der Waals surface area contributed by atoms with Gasteiger partial charge in [0.15, 0.2) is 0 Å². The number of benzene rings is 1. The van der Waals surface area contributed by atoms with E-state index in [9.17, 15) is 0 Å². The van der Waals surface area contributed by atoms with Crippen LogP contribution < -0.4 is 4.74 Å². The van der Waals surface area contributed by atoms with Gasteiger partial charge in [-0.15, -0.1) is 0 Å². The lowest BCUT2D eigenvalue weighted by Crippen LogP contribution is -1.99. The highest BCUT2D eigenvalue weighted by Crippen LogP contribution is 2.39. The van der Waals surface area contributed by atoms with Crippen LogP contribution in [0.3, 0.4) is 0 Å². The lowest BCUT2D eigenvalue weighted by molar-refractivity contribution is 0.340. The Labute approximate surface area is 122 Å². The van der Waals surface area contributed by atoms with E-state index >= 15 is 0 Å². The fourth-order valence-corrected chi connectivity index (χ4v) is 3.36. The van der Waals surface area contributed by atoms with Crippen molar-refractivity contribution in [1.29, 1.82) is 0 Å². The Kier molecular flexibility index (Phi) is 6.11. The zero-order chi connectivity index (χ0) is 13.0. The lowest BCUT2D eigenvalue weighted by Gasteiger charge is -2.16. The minimum atomic E-state index is 0.225. The Hall–Kier alpha value is 0.0800. The molecule has 1 aromatic rings. The molecule has 4 heteroatoms. The van der Waals surface area contributed by atoms with Crippen LogP contribution in [0.2, 0.25) is 10.0 Å². The quantitative estimate of drug-likeness (QED) is 0.609. The van der Waals surface area contributed by atoms with Gasteiger partial charge >= 0.3 is 0 Å². The molecule has 0 aliphatic carbocycles. The second-order valence-electron chi connectivity index (χ2n) is 4.33. The molecule has 96 valence electrons. The highest BCUT2D eigenvalue weighted by atomic mass is 79.9. The van der Waals surface area contributed by atoms with Crippen LogP contribution in [0.1, 0.15) is 37.6 Å². The third kappa shape index (κ3) is 4.35. The van der Waals surface area contributed by atoms with Crippen LogP contribution in [0.4, 0.5) is 0 Å². The molecule has 0 fully saturated rings. The van der Waals surface area contributed by atoms with Crippen molar-refractivity contribution in [2.75, 3.05) is 6.61 Å². The first kappa shape index (κ1) is 15.1. The summed E-state index contributed by atoms with van der Waals surface area (Å²) in [6.45, 7) is 6.86. The molecular weight excluding hydrogens is 323 g/mol. The van der Waals surface area contributed by atoms with Crippen molar-refractivity contribution in [2.24, 2.45) is 5.92 Å². The van der Waals surface area contributed by atoms with E-state index in [0.717, 1.165) is 12.0 Å². The third-order valence-corrected chi connectivity index (χ3v) is 3.86. The Bertz CT molecular complexity index is 380. The van der Waals surface area contributed by atoms with Gasteiger partial charge in [0.2, 0.25) is 0 Å². The number of alkyl halides is 1. The van der Waals surface area contributed by atoms with Crippen molar-refractivity contribution in [2.45, 2.75) is 32.0 Å². The summed E-state index contributed by atoms with van der Waals surface area (Å²) in [6, 6.07) is 3.67. The number of hydrogen-bond acceptors (Lipinski definition) is 1. The van der Waals surface area contributed by atoms with Crippen LogP contribution in [0.15, 0.2) is 12.1 Å². The molecular formula is C13H17BrCl2O. The van der Waals surface area contributed by atoms with Crippen molar-refractivity contribution in [3.63, 3.8) is 0 Å². The predicted octanol–water partition coefficient (Wildman–Crippen LogP) is 5.87. The summed E-state index contributed by atoms with van der Waals surface area (Å²) in [5.41, 5.74) is 1.02. The molecule has 0 aliphatic rings. The monoisotopic (exact) mass is 338 g/mol. The molecule has 0 amide bonds. The van der Waals surface area contributed by atoms with Gasteiger partial charge in [-0.05, 0) is 30.9 Å². The second-order valence-corrected chi connectivity index (χ2v) is 6.25. The molecule has 0 saturated carbocycles. The number of ether oxygens (including phenoxy) is 1. The van der Waals surface area contributed by atoms with E-state index in [1.807, 2.05) is 13.0 Å². The van der Waals surface area contributed by atoms with Crippen LogP contribution in [0.5, 0.6) is 5.75 Å². The van der Waals surface area contributed by atoms with E-state index in [-0.39, 0.29) is 4.83 Å². The van der Waals surface area contributed by atoms with Gasteiger partial charge < -0.3 is 4.74 Å². The molecule has 1 aromatic carbocycles. The highest BCUT2D eigenvalue weighted by molar-refractivity contribution is 9.09. The first-order valence-electron chi connectivity index (χ1n) is 5.71. The average molecular weight is 340 g/mol. The normalized spacial score (nSPS) is 12.9. The summed E-state index contributed by atoms with van der Waals surface area (Å²) in [5, 5.41) is 1.31. The van der Waals surface area contributed by atoms with Crippen LogP contribution in [0.25, 0.3) is 0 Å². The van der Waals surface area contributed by atoms with Gasteiger partial charge in [0, 0.05) is 15.9 Å². The molecule has 0 heterocycles. The summed E-state index contributed by atoms with van der Waals surface area (Å²) < 4.78 is 5.40. The van der Waals surface area contributed by atoms with Crippen LogP contribution in [-0.2, 0) is 0 Å². The van der Waals surface area contributed by atoms with Gasteiger partial charge in [-0.1, -0.05) is 53.0 Å². The number of hydrogen-bond donors (Lipinski definition) is 0. The minimum absolute atomic E-state index is 0.225. The van der Waals surface area contributed by atoms with Gasteiger partial charge in [-0.3, -0.25) is 0 Å². The molecule has 1 nitrogen and oxygen atoms in total. The van der Waals surface area contributed by atoms with Gasteiger partial charge in [0.25, 0.3) is 0 Å². The van der Waals surface area contributed by atoms with Crippen LogP contribution in [0, 0.1) is 5.92 Å². The first-order valence-corrected chi connectivity index (χ1v) is 7.38. The van der Waals surface area contributed by atoms with E-state index < -0.39 is 0 Å².